The Bertz CT molecular complexity index is 1330. The van der Waals surface area contributed by atoms with Crippen molar-refractivity contribution in [1.82, 2.24) is 14.5 Å². The molecule has 0 aliphatic heterocycles. The number of nitrogens with one attached hydrogen (secondary N) is 1. The number of nitrogens with zero attached hydrogens (tertiary/aromatic N) is 4. The van der Waals surface area contributed by atoms with Gasteiger partial charge < -0.3 is 5.32 Å². The average molecular weight is 425 g/mol. The molecule has 0 radical (unpaired) electrons. The summed E-state index contributed by atoms with van der Waals surface area (Å²) in [6.45, 7) is -0.337. The van der Waals surface area contributed by atoms with Crippen LogP contribution >= 0.6 is 11.3 Å². The molecule has 1 amide bonds. The number of fused-ring (bicyclic) bond motifs is 1. The molecule has 1 N–H and O–H groups in total. The second-order valence-corrected chi connectivity index (χ2v) is 7.09. The molecule has 0 atom stereocenters. The summed E-state index contributed by atoms with van der Waals surface area (Å²) in [5, 5.41) is 15.6. The lowest BCUT2D eigenvalue weighted by atomic mass is 10.2. The van der Waals surface area contributed by atoms with E-state index < -0.39 is 16.4 Å². The van der Waals surface area contributed by atoms with Crippen LogP contribution in [-0.2, 0) is 11.3 Å². The van der Waals surface area contributed by atoms with Crippen molar-refractivity contribution in [1.29, 1.82) is 0 Å². The van der Waals surface area contributed by atoms with Gasteiger partial charge in [0.2, 0.25) is 5.91 Å². The van der Waals surface area contributed by atoms with Crippen LogP contribution in [0.4, 0.5) is 15.2 Å². The molecule has 0 unspecified atom stereocenters. The molecule has 2 aromatic heterocycles. The first kappa shape index (κ1) is 19.3. The molecule has 0 saturated heterocycles. The van der Waals surface area contributed by atoms with E-state index in [1.54, 1.807) is 17.5 Å². The first-order valence-electron chi connectivity index (χ1n) is 8.55. The Morgan fingerprint density at radius 3 is 2.73 bits per heavy atom. The molecule has 4 aromatic rings. The number of aromatic nitrogens is 3. The molecule has 0 saturated carbocycles. The Labute approximate surface area is 171 Å². The maximum Gasteiger partial charge on any atom is 0.270 e. The van der Waals surface area contributed by atoms with Crippen LogP contribution in [0.5, 0.6) is 0 Å². The minimum atomic E-state index is -0.607. The molecule has 0 bridgehead atoms. The number of rotatable bonds is 5. The second kappa shape index (κ2) is 7.79. The molecule has 30 heavy (non-hydrogen) atoms. The topological polar surface area (TPSA) is 120 Å². The van der Waals surface area contributed by atoms with Gasteiger partial charge in [0.15, 0.2) is 5.13 Å². The minimum absolute atomic E-state index is 0.0485. The van der Waals surface area contributed by atoms with Gasteiger partial charge in [0.25, 0.3) is 11.2 Å². The lowest BCUT2D eigenvalue weighted by Crippen LogP contribution is -2.27. The number of amides is 1. The highest BCUT2D eigenvalue weighted by atomic mass is 32.1. The van der Waals surface area contributed by atoms with Gasteiger partial charge in [-0.05, 0) is 30.3 Å². The van der Waals surface area contributed by atoms with Crippen LogP contribution < -0.4 is 10.9 Å². The zero-order valence-electron chi connectivity index (χ0n) is 15.1. The maximum absolute atomic E-state index is 13.0. The van der Waals surface area contributed by atoms with E-state index in [9.17, 15) is 24.1 Å². The SMILES string of the molecule is O=C(Cn1cnc2ccc([N+](=O)[O-])cc2c1=O)Nc1nc(-c2ccc(F)cc2)cs1. The highest BCUT2D eigenvalue weighted by Gasteiger charge is 2.14. The molecule has 0 fully saturated rings. The summed E-state index contributed by atoms with van der Waals surface area (Å²) in [4.78, 5) is 43.6. The predicted octanol–water partition coefficient (Wildman–Crippen LogP) is 3.21. The number of thiazole rings is 1. The van der Waals surface area contributed by atoms with Crippen LogP contribution in [0.2, 0.25) is 0 Å². The maximum atomic E-state index is 13.0. The third-order valence-electron chi connectivity index (χ3n) is 4.22. The van der Waals surface area contributed by atoms with Gasteiger partial charge in [0, 0.05) is 23.1 Å². The largest absolute Gasteiger partial charge is 0.300 e. The van der Waals surface area contributed by atoms with Crippen LogP contribution in [0.15, 0.2) is 59.0 Å². The standard InChI is InChI=1S/C19H12FN5O4S/c20-12-3-1-11(2-4-12)16-9-30-19(22-16)23-17(26)8-24-10-21-15-6-5-13(25(28)29)7-14(15)18(24)27/h1-7,9-10H,8H2,(H,22,23,26). The summed E-state index contributed by atoms with van der Waals surface area (Å²) in [7, 11) is 0. The summed E-state index contributed by atoms with van der Waals surface area (Å²) >= 11 is 1.18. The van der Waals surface area contributed by atoms with Gasteiger partial charge in [-0.1, -0.05) is 0 Å². The van der Waals surface area contributed by atoms with E-state index in [2.05, 4.69) is 15.3 Å². The van der Waals surface area contributed by atoms with E-state index in [4.69, 9.17) is 0 Å². The monoisotopic (exact) mass is 425 g/mol. The van der Waals surface area contributed by atoms with Crippen molar-refractivity contribution in [2.75, 3.05) is 5.32 Å². The molecular formula is C19H12FN5O4S. The molecule has 0 aliphatic rings. The number of non-ortho nitro benzene ring substituents is 1. The Hall–Kier alpha value is -3.99. The number of carbonyl (C=O) groups excluding carboxylic acids is 1. The number of nitro groups is 1. The molecular weight excluding hydrogens is 413 g/mol. The van der Waals surface area contributed by atoms with Crippen LogP contribution in [0.25, 0.3) is 22.2 Å². The molecule has 4 rings (SSSR count). The number of nitro benzene ring substituents is 1. The molecule has 2 heterocycles. The number of carbonyl (C=O) groups is 1. The second-order valence-electron chi connectivity index (χ2n) is 6.23. The highest BCUT2D eigenvalue weighted by molar-refractivity contribution is 7.14. The van der Waals surface area contributed by atoms with E-state index in [0.717, 1.165) is 10.6 Å². The van der Waals surface area contributed by atoms with Crippen molar-refractivity contribution >= 4 is 39.0 Å². The summed E-state index contributed by atoms with van der Waals surface area (Å²) in [6.07, 6.45) is 1.21. The van der Waals surface area contributed by atoms with Crippen molar-refractivity contribution in [3.05, 3.63) is 80.5 Å². The van der Waals surface area contributed by atoms with Gasteiger partial charge in [-0.2, -0.15) is 0 Å². The number of anilines is 1. The van der Waals surface area contributed by atoms with E-state index >= 15 is 0 Å². The number of halogens is 1. The Morgan fingerprint density at radius 2 is 2.00 bits per heavy atom. The van der Waals surface area contributed by atoms with Gasteiger partial charge in [-0.3, -0.25) is 24.3 Å². The number of benzene rings is 2. The smallest absolute Gasteiger partial charge is 0.270 e. The lowest BCUT2D eigenvalue weighted by molar-refractivity contribution is -0.384. The normalized spacial score (nSPS) is 10.8. The minimum Gasteiger partial charge on any atom is -0.300 e. The van der Waals surface area contributed by atoms with Gasteiger partial charge in [-0.15, -0.1) is 11.3 Å². The number of hydrogen-bond acceptors (Lipinski definition) is 7. The van der Waals surface area contributed by atoms with E-state index in [1.165, 1.54) is 41.9 Å². The first-order chi connectivity index (χ1) is 14.4. The van der Waals surface area contributed by atoms with Crippen molar-refractivity contribution in [2.24, 2.45) is 0 Å². The van der Waals surface area contributed by atoms with E-state index in [0.29, 0.717) is 21.9 Å². The summed E-state index contributed by atoms with van der Waals surface area (Å²) in [5.74, 6) is -0.869. The van der Waals surface area contributed by atoms with Gasteiger partial charge in [0.05, 0.1) is 27.8 Å². The van der Waals surface area contributed by atoms with Crippen molar-refractivity contribution in [3.63, 3.8) is 0 Å². The van der Waals surface area contributed by atoms with Gasteiger partial charge in [-0.25, -0.2) is 14.4 Å². The fourth-order valence-corrected chi connectivity index (χ4v) is 3.51. The van der Waals surface area contributed by atoms with Crippen LogP contribution in [0.3, 0.4) is 0 Å². The molecule has 0 spiro atoms. The number of hydrogen-bond donors (Lipinski definition) is 1. The fraction of sp³-hybridized carbons (Fsp3) is 0.0526. The molecule has 11 heteroatoms. The quantitative estimate of drug-likeness (QED) is 0.387. The molecule has 0 aliphatic carbocycles. The molecule has 150 valence electrons. The van der Waals surface area contributed by atoms with Crippen LogP contribution in [-0.4, -0.2) is 25.4 Å². The van der Waals surface area contributed by atoms with Crippen LogP contribution in [0.1, 0.15) is 0 Å². The first-order valence-corrected chi connectivity index (χ1v) is 9.43. The Kier molecular flexibility index (Phi) is 5.02. The van der Waals surface area contributed by atoms with Crippen molar-refractivity contribution in [2.45, 2.75) is 6.54 Å². The molecule has 2 aromatic carbocycles. The van der Waals surface area contributed by atoms with E-state index in [1.807, 2.05) is 0 Å². The van der Waals surface area contributed by atoms with Crippen molar-refractivity contribution < 1.29 is 14.1 Å². The van der Waals surface area contributed by atoms with Crippen LogP contribution in [0, 0.1) is 15.9 Å². The Balaban J connectivity index is 1.52. The van der Waals surface area contributed by atoms with Gasteiger partial charge >= 0.3 is 0 Å². The summed E-state index contributed by atoms with van der Waals surface area (Å²) in [5.41, 5.74) is 0.771. The third kappa shape index (κ3) is 3.91. The van der Waals surface area contributed by atoms with E-state index in [-0.39, 0.29) is 23.4 Å². The highest BCUT2D eigenvalue weighted by Crippen LogP contribution is 2.25. The van der Waals surface area contributed by atoms with Crippen molar-refractivity contribution in [3.8, 4) is 11.3 Å². The Morgan fingerprint density at radius 1 is 1.23 bits per heavy atom. The fourth-order valence-electron chi connectivity index (χ4n) is 2.77. The van der Waals surface area contributed by atoms with Gasteiger partial charge in [0.1, 0.15) is 12.4 Å². The zero-order chi connectivity index (χ0) is 21.3. The zero-order valence-corrected chi connectivity index (χ0v) is 15.9. The predicted molar refractivity (Wildman–Crippen MR) is 109 cm³/mol. The summed E-state index contributed by atoms with van der Waals surface area (Å²) in [6, 6.07) is 9.56. The summed E-state index contributed by atoms with van der Waals surface area (Å²) < 4.78 is 14.1. The third-order valence-corrected chi connectivity index (χ3v) is 4.98. The average Bonchev–Trinajstić information content (AvgIpc) is 3.18. The lowest BCUT2D eigenvalue weighted by Gasteiger charge is -2.06. The molecule has 9 nitrogen and oxygen atoms in total.